The average molecular weight is 267 g/mol. The molecule has 0 amide bonds. The van der Waals surface area contributed by atoms with Gasteiger partial charge in [0.25, 0.3) is 5.69 Å². The minimum Gasteiger partial charge on any atom is -0.475 e. The van der Waals surface area contributed by atoms with Gasteiger partial charge in [0.15, 0.2) is 0 Å². The van der Waals surface area contributed by atoms with Crippen LogP contribution in [0.25, 0.3) is 0 Å². The van der Waals surface area contributed by atoms with Crippen LogP contribution in [0.15, 0.2) is 12.1 Å². The Kier molecular flexibility index (Phi) is 4.51. The molecule has 1 aliphatic rings. The molecule has 1 aliphatic heterocycles. The Morgan fingerprint density at radius 1 is 1.58 bits per heavy atom. The van der Waals surface area contributed by atoms with Crippen LogP contribution in [0.4, 0.5) is 11.5 Å². The second kappa shape index (κ2) is 6.33. The van der Waals surface area contributed by atoms with Crippen LogP contribution in [-0.2, 0) is 4.74 Å². The Morgan fingerprint density at radius 2 is 2.42 bits per heavy atom. The number of ether oxygens (including phenoxy) is 2. The SMILES string of the molecule is CNc1cc([N+](=O)[O-])cc(OCC2CCCCO2)n1. The summed E-state index contributed by atoms with van der Waals surface area (Å²) >= 11 is 0. The van der Waals surface area contributed by atoms with Crippen molar-refractivity contribution >= 4 is 11.5 Å². The number of rotatable bonds is 5. The number of hydrogen-bond acceptors (Lipinski definition) is 6. The third kappa shape index (κ3) is 3.78. The highest BCUT2D eigenvalue weighted by Crippen LogP contribution is 2.22. The van der Waals surface area contributed by atoms with E-state index in [2.05, 4.69) is 10.3 Å². The first-order valence-electron chi connectivity index (χ1n) is 6.27. The molecule has 1 N–H and O–H groups in total. The van der Waals surface area contributed by atoms with Crippen LogP contribution in [0.5, 0.6) is 5.88 Å². The molecule has 0 radical (unpaired) electrons. The van der Waals surface area contributed by atoms with Crippen LogP contribution < -0.4 is 10.1 Å². The maximum atomic E-state index is 10.8. The standard InChI is InChI=1S/C12H17N3O4/c1-13-11-6-9(15(16)17)7-12(14-11)19-8-10-4-2-3-5-18-10/h6-7,10H,2-5,8H2,1H3,(H,13,14). The van der Waals surface area contributed by atoms with Gasteiger partial charge < -0.3 is 14.8 Å². The summed E-state index contributed by atoms with van der Waals surface area (Å²) in [4.78, 5) is 14.5. The molecule has 0 saturated carbocycles. The van der Waals surface area contributed by atoms with Gasteiger partial charge >= 0.3 is 0 Å². The molecule has 1 atom stereocenters. The summed E-state index contributed by atoms with van der Waals surface area (Å²) in [7, 11) is 1.65. The first-order valence-corrected chi connectivity index (χ1v) is 6.27. The second-order valence-corrected chi connectivity index (χ2v) is 4.36. The van der Waals surface area contributed by atoms with E-state index in [0.29, 0.717) is 12.4 Å². The topological polar surface area (TPSA) is 86.5 Å². The molecular formula is C12H17N3O4. The molecule has 2 heterocycles. The Hall–Kier alpha value is -1.89. The lowest BCUT2D eigenvalue weighted by Gasteiger charge is -2.22. The molecule has 2 rings (SSSR count). The van der Waals surface area contributed by atoms with E-state index in [-0.39, 0.29) is 17.7 Å². The van der Waals surface area contributed by atoms with Gasteiger partial charge in [0, 0.05) is 13.7 Å². The zero-order valence-corrected chi connectivity index (χ0v) is 10.8. The van der Waals surface area contributed by atoms with E-state index in [4.69, 9.17) is 9.47 Å². The van der Waals surface area contributed by atoms with Gasteiger partial charge in [0.05, 0.1) is 23.2 Å². The highest BCUT2D eigenvalue weighted by atomic mass is 16.6. The Labute approximate surface area is 111 Å². The average Bonchev–Trinajstić information content (AvgIpc) is 2.45. The molecule has 1 saturated heterocycles. The Morgan fingerprint density at radius 3 is 3.05 bits per heavy atom. The molecule has 0 aromatic carbocycles. The minimum atomic E-state index is -0.466. The maximum absolute atomic E-state index is 10.8. The minimum absolute atomic E-state index is 0.0427. The lowest BCUT2D eigenvalue weighted by Crippen LogP contribution is -2.26. The fraction of sp³-hybridized carbons (Fsp3) is 0.583. The highest BCUT2D eigenvalue weighted by molar-refractivity contribution is 5.47. The van der Waals surface area contributed by atoms with E-state index < -0.39 is 4.92 Å². The predicted octanol–water partition coefficient (Wildman–Crippen LogP) is 1.98. The number of anilines is 1. The van der Waals surface area contributed by atoms with E-state index in [1.165, 1.54) is 12.1 Å². The molecule has 0 bridgehead atoms. The molecule has 7 heteroatoms. The van der Waals surface area contributed by atoms with Crippen molar-refractivity contribution in [3.8, 4) is 5.88 Å². The van der Waals surface area contributed by atoms with Crippen molar-refractivity contribution in [2.45, 2.75) is 25.4 Å². The fourth-order valence-corrected chi connectivity index (χ4v) is 1.92. The summed E-state index contributed by atoms with van der Waals surface area (Å²) in [6.07, 6.45) is 3.20. The number of nitrogens with zero attached hydrogens (tertiary/aromatic N) is 2. The van der Waals surface area contributed by atoms with E-state index >= 15 is 0 Å². The van der Waals surface area contributed by atoms with Crippen LogP contribution in [0.1, 0.15) is 19.3 Å². The third-order valence-electron chi connectivity index (χ3n) is 2.94. The molecule has 7 nitrogen and oxygen atoms in total. The van der Waals surface area contributed by atoms with Crippen LogP contribution in [0, 0.1) is 10.1 Å². The van der Waals surface area contributed by atoms with Crippen molar-refractivity contribution in [3.63, 3.8) is 0 Å². The lowest BCUT2D eigenvalue weighted by atomic mass is 10.1. The van der Waals surface area contributed by atoms with Gasteiger partial charge in [0.2, 0.25) is 5.88 Å². The summed E-state index contributed by atoms with van der Waals surface area (Å²) in [6, 6.07) is 2.69. The molecule has 0 spiro atoms. The van der Waals surface area contributed by atoms with Gasteiger partial charge in [-0.3, -0.25) is 10.1 Å². The number of pyridine rings is 1. The molecule has 0 aliphatic carbocycles. The molecule has 1 aromatic heterocycles. The van der Waals surface area contributed by atoms with Crippen LogP contribution >= 0.6 is 0 Å². The van der Waals surface area contributed by atoms with E-state index in [0.717, 1.165) is 25.9 Å². The molecule has 1 aromatic rings. The fourth-order valence-electron chi connectivity index (χ4n) is 1.92. The zero-order valence-electron chi connectivity index (χ0n) is 10.8. The summed E-state index contributed by atoms with van der Waals surface area (Å²) in [5.74, 6) is 0.654. The molecule has 104 valence electrons. The maximum Gasteiger partial charge on any atom is 0.278 e. The largest absolute Gasteiger partial charge is 0.475 e. The van der Waals surface area contributed by atoms with Crippen molar-refractivity contribution < 1.29 is 14.4 Å². The molecule has 19 heavy (non-hydrogen) atoms. The van der Waals surface area contributed by atoms with Gasteiger partial charge in [-0.2, -0.15) is 4.98 Å². The number of hydrogen-bond donors (Lipinski definition) is 1. The highest BCUT2D eigenvalue weighted by Gasteiger charge is 2.16. The van der Waals surface area contributed by atoms with Gasteiger partial charge in [-0.1, -0.05) is 0 Å². The third-order valence-corrected chi connectivity index (χ3v) is 2.94. The summed E-state index contributed by atoms with van der Waals surface area (Å²) in [5, 5.41) is 13.6. The first-order chi connectivity index (χ1) is 9.19. The van der Waals surface area contributed by atoms with Crippen molar-refractivity contribution in [1.82, 2.24) is 4.98 Å². The first kappa shape index (κ1) is 13.5. The van der Waals surface area contributed by atoms with E-state index in [1.54, 1.807) is 7.05 Å². The smallest absolute Gasteiger partial charge is 0.278 e. The summed E-state index contributed by atoms with van der Waals surface area (Å²) < 4.78 is 11.0. The van der Waals surface area contributed by atoms with Crippen LogP contribution in [0.2, 0.25) is 0 Å². The van der Waals surface area contributed by atoms with Gasteiger partial charge in [-0.25, -0.2) is 0 Å². The molecule has 1 unspecified atom stereocenters. The van der Waals surface area contributed by atoms with Gasteiger partial charge in [-0.05, 0) is 19.3 Å². The Bertz CT molecular complexity index is 447. The lowest BCUT2D eigenvalue weighted by molar-refractivity contribution is -0.384. The monoisotopic (exact) mass is 267 g/mol. The normalized spacial score (nSPS) is 18.9. The van der Waals surface area contributed by atoms with Crippen LogP contribution in [0.3, 0.4) is 0 Å². The zero-order chi connectivity index (χ0) is 13.7. The number of aromatic nitrogens is 1. The summed E-state index contributed by atoms with van der Waals surface area (Å²) in [5.41, 5.74) is -0.0427. The predicted molar refractivity (Wildman–Crippen MR) is 69.5 cm³/mol. The van der Waals surface area contributed by atoms with Gasteiger partial charge in [-0.15, -0.1) is 0 Å². The van der Waals surface area contributed by atoms with Crippen LogP contribution in [-0.4, -0.2) is 36.3 Å². The van der Waals surface area contributed by atoms with E-state index in [9.17, 15) is 10.1 Å². The quantitative estimate of drug-likeness (QED) is 0.648. The van der Waals surface area contributed by atoms with Crippen molar-refractivity contribution in [2.75, 3.05) is 25.6 Å². The van der Waals surface area contributed by atoms with Gasteiger partial charge in [0.1, 0.15) is 12.4 Å². The van der Waals surface area contributed by atoms with E-state index in [1.807, 2.05) is 0 Å². The van der Waals surface area contributed by atoms with Crippen molar-refractivity contribution in [2.24, 2.45) is 0 Å². The molecular weight excluding hydrogens is 250 g/mol. The summed E-state index contributed by atoms with van der Waals surface area (Å²) in [6.45, 7) is 1.12. The molecule has 1 fully saturated rings. The number of nitro groups is 1. The number of nitrogens with one attached hydrogen (secondary N) is 1. The van der Waals surface area contributed by atoms with Crippen molar-refractivity contribution in [3.05, 3.63) is 22.2 Å². The van der Waals surface area contributed by atoms with Crippen molar-refractivity contribution in [1.29, 1.82) is 0 Å². The second-order valence-electron chi connectivity index (χ2n) is 4.36. The Balaban J connectivity index is 2.02.